The molecular formula is C28H27NO3. The minimum absolute atomic E-state index is 0.0176. The number of hydrogen-bond donors (Lipinski definition) is 1. The maximum Gasteiger partial charge on any atom is 0.225 e. The number of benzene rings is 3. The van der Waals surface area contributed by atoms with Gasteiger partial charge in [-0.25, -0.2) is 0 Å². The highest BCUT2D eigenvalue weighted by molar-refractivity contribution is 6.02. The summed E-state index contributed by atoms with van der Waals surface area (Å²) < 4.78 is 5.74. The second kappa shape index (κ2) is 8.27. The minimum atomic E-state index is -0.182. The Morgan fingerprint density at radius 2 is 1.56 bits per heavy atom. The molecule has 1 heterocycles. The minimum Gasteiger partial charge on any atom is -0.491 e. The van der Waals surface area contributed by atoms with E-state index in [0.717, 1.165) is 38.9 Å². The van der Waals surface area contributed by atoms with Gasteiger partial charge in [-0.15, -0.1) is 0 Å². The lowest BCUT2D eigenvalue weighted by molar-refractivity contribution is -0.122. The number of nitrogens with one attached hydrogen (secondary N) is 1. The summed E-state index contributed by atoms with van der Waals surface area (Å²) in [5.41, 5.74) is 3.72. The van der Waals surface area contributed by atoms with Crippen LogP contribution in [0.15, 0.2) is 78.0 Å². The Hall–Kier alpha value is -3.40. The summed E-state index contributed by atoms with van der Waals surface area (Å²) in [7, 11) is 0. The first-order valence-corrected chi connectivity index (χ1v) is 11.3. The lowest BCUT2D eigenvalue weighted by Gasteiger charge is -2.34. The van der Waals surface area contributed by atoms with Gasteiger partial charge in [0.1, 0.15) is 5.75 Å². The van der Waals surface area contributed by atoms with Gasteiger partial charge in [0.2, 0.25) is 5.91 Å². The number of carbonyl (C=O) groups excluding carboxylic acids is 2. The molecule has 1 aliphatic carbocycles. The molecule has 0 fully saturated rings. The third kappa shape index (κ3) is 3.93. The van der Waals surface area contributed by atoms with Crippen LogP contribution in [-0.2, 0) is 9.59 Å². The zero-order valence-electron chi connectivity index (χ0n) is 18.4. The van der Waals surface area contributed by atoms with Gasteiger partial charge in [-0.2, -0.15) is 0 Å². The van der Waals surface area contributed by atoms with Gasteiger partial charge in [0, 0.05) is 30.0 Å². The molecule has 0 radical (unpaired) electrons. The standard InChI is InChI=1S/C28H27NO3/c1-17(2)32-23-11-9-19(10-12-23)22-14-25-28(26(30)15-22)24(16-27(31)29-25)21-8-7-18-5-3-4-6-20(18)13-21/h3-13,17,22,24H,14-16H2,1-2H3,(H,29,31). The van der Waals surface area contributed by atoms with E-state index >= 15 is 0 Å². The van der Waals surface area contributed by atoms with Gasteiger partial charge in [0.05, 0.1) is 6.10 Å². The first-order chi connectivity index (χ1) is 15.5. The lowest BCUT2D eigenvalue weighted by atomic mass is 9.73. The Labute approximate surface area is 188 Å². The Morgan fingerprint density at radius 3 is 2.31 bits per heavy atom. The molecule has 0 aromatic heterocycles. The highest BCUT2D eigenvalue weighted by Crippen LogP contribution is 2.43. The van der Waals surface area contributed by atoms with Gasteiger partial charge in [-0.1, -0.05) is 54.6 Å². The fourth-order valence-corrected chi connectivity index (χ4v) is 5.00. The first kappa shape index (κ1) is 20.5. The number of allylic oxidation sites excluding steroid dienone is 2. The number of Topliss-reactive ketones (excluding diaryl/α,β-unsaturated/α-hetero) is 1. The molecule has 5 rings (SSSR count). The van der Waals surface area contributed by atoms with E-state index in [4.69, 9.17) is 4.74 Å². The van der Waals surface area contributed by atoms with Crippen molar-refractivity contribution in [1.82, 2.24) is 5.32 Å². The third-order valence-electron chi connectivity index (χ3n) is 6.44. The summed E-state index contributed by atoms with van der Waals surface area (Å²) in [6.07, 6.45) is 1.56. The first-order valence-electron chi connectivity index (χ1n) is 11.3. The van der Waals surface area contributed by atoms with Crippen molar-refractivity contribution in [3.8, 4) is 5.75 Å². The fraction of sp³-hybridized carbons (Fsp3) is 0.286. The van der Waals surface area contributed by atoms with Gasteiger partial charge in [-0.3, -0.25) is 9.59 Å². The maximum atomic E-state index is 13.3. The van der Waals surface area contributed by atoms with Crippen LogP contribution in [0.1, 0.15) is 56.1 Å². The Balaban J connectivity index is 1.46. The molecule has 0 spiro atoms. The van der Waals surface area contributed by atoms with Crippen molar-refractivity contribution in [2.45, 2.75) is 51.0 Å². The third-order valence-corrected chi connectivity index (χ3v) is 6.44. The normalized spacial score (nSPS) is 21.0. The molecule has 162 valence electrons. The summed E-state index contributed by atoms with van der Waals surface area (Å²) in [6, 6.07) is 22.4. The molecule has 4 heteroatoms. The van der Waals surface area contributed by atoms with Gasteiger partial charge >= 0.3 is 0 Å². The SMILES string of the molecule is CC(C)Oc1ccc(C2CC(=O)C3=C(C2)NC(=O)CC3c2ccc3ccccc3c2)cc1. The number of fused-ring (bicyclic) bond motifs is 1. The van der Waals surface area contributed by atoms with Crippen LogP contribution in [0.5, 0.6) is 5.75 Å². The van der Waals surface area contributed by atoms with Crippen molar-refractivity contribution in [2.24, 2.45) is 0 Å². The molecular weight excluding hydrogens is 398 g/mol. The van der Waals surface area contributed by atoms with Crippen LogP contribution in [0.2, 0.25) is 0 Å². The Morgan fingerprint density at radius 1 is 0.844 bits per heavy atom. The van der Waals surface area contributed by atoms with Crippen LogP contribution in [0.4, 0.5) is 0 Å². The summed E-state index contributed by atoms with van der Waals surface area (Å²) in [5.74, 6) is 0.824. The zero-order valence-corrected chi connectivity index (χ0v) is 18.4. The lowest BCUT2D eigenvalue weighted by Crippen LogP contribution is -2.38. The maximum absolute atomic E-state index is 13.3. The number of amides is 1. The highest BCUT2D eigenvalue weighted by atomic mass is 16.5. The van der Waals surface area contributed by atoms with E-state index in [9.17, 15) is 9.59 Å². The number of rotatable bonds is 4. The molecule has 32 heavy (non-hydrogen) atoms. The van der Waals surface area contributed by atoms with E-state index < -0.39 is 0 Å². The summed E-state index contributed by atoms with van der Waals surface area (Å²) >= 11 is 0. The topological polar surface area (TPSA) is 55.4 Å². The largest absolute Gasteiger partial charge is 0.491 e. The smallest absolute Gasteiger partial charge is 0.225 e. The molecule has 3 aromatic carbocycles. The number of ether oxygens (including phenoxy) is 1. The molecule has 3 aromatic rings. The second-order valence-corrected chi connectivity index (χ2v) is 9.07. The van der Waals surface area contributed by atoms with E-state index in [1.807, 2.05) is 50.2 Å². The van der Waals surface area contributed by atoms with Crippen molar-refractivity contribution in [1.29, 1.82) is 0 Å². The van der Waals surface area contributed by atoms with Crippen molar-refractivity contribution in [2.75, 3.05) is 0 Å². The number of ketones is 1. The van der Waals surface area contributed by atoms with E-state index in [0.29, 0.717) is 19.3 Å². The van der Waals surface area contributed by atoms with Crippen LogP contribution in [0.25, 0.3) is 10.8 Å². The highest BCUT2D eigenvalue weighted by Gasteiger charge is 2.38. The average molecular weight is 426 g/mol. The monoisotopic (exact) mass is 425 g/mol. The Kier molecular flexibility index (Phi) is 5.30. The van der Waals surface area contributed by atoms with Crippen LogP contribution in [0, 0.1) is 0 Å². The molecule has 1 amide bonds. The fourth-order valence-electron chi connectivity index (χ4n) is 5.00. The van der Waals surface area contributed by atoms with E-state index in [-0.39, 0.29) is 29.6 Å². The average Bonchev–Trinajstić information content (AvgIpc) is 2.78. The summed E-state index contributed by atoms with van der Waals surface area (Å²) in [4.78, 5) is 25.9. The zero-order chi connectivity index (χ0) is 22.2. The quantitative estimate of drug-likeness (QED) is 0.589. The molecule has 0 saturated heterocycles. The van der Waals surface area contributed by atoms with E-state index in [2.05, 4.69) is 35.6 Å². The predicted molar refractivity (Wildman–Crippen MR) is 126 cm³/mol. The van der Waals surface area contributed by atoms with E-state index in [1.54, 1.807) is 0 Å². The summed E-state index contributed by atoms with van der Waals surface area (Å²) in [6.45, 7) is 4.00. The summed E-state index contributed by atoms with van der Waals surface area (Å²) in [5, 5.41) is 5.30. The van der Waals surface area contributed by atoms with Crippen molar-refractivity contribution < 1.29 is 14.3 Å². The van der Waals surface area contributed by atoms with Gasteiger partial charge in [-0.05, 0) is 60.2 Å². The van der Waals surface area contributed by atoms with Crippen LogP contribution in [-0.4, -0.2) is 17.8 Å². The van der Waals surface area contributed by atoms with Crippen molar-refractivity contribution in [3.63, 3.8) is 0 Å². The molecule has 2 unspecified atom stereocenters. The van der Waals surface area contributed by atoms with E-state index in [1.165, 1.54) is 0 Å². The van der Waals surface area contributed by atoms with Crippen LogP contribution < -0.4 is 10.1 Å². The van der Waals surface area contributed by atoms with Crippen molar-refractivity contribution in [3.05, 3.63) is 89.1 Å². The molecule has 2 aliphatic rings. The van der Waals surface area contributed by atoms with Gasteiger partial charge < -0.3 is 10.1 Å². The number of hydrogen-bond acceptors (Lipinski definition) is 3. The molecule has 2 atom stereocenters. The molecule has 0 saturated carbocycles. The predicted octanol–water partition coefficient (Wildman–Crippen LogP) is 5.63. The number of carbonyl (C=O) groups is 2. The molecule has 1 N–H and O–H groups in total. The van der Waals surface area contributed by atoms with Gasteiger partial charge in [0.15, 0.2) is 5.78 Å². The molecule has 4 nitrogen and oxygen atoms in total. The molecule has 1 aliphatic heterocycles. The van der Waals surface area contributed by atoms with Crippen molar-refractivity contribution >= 4 is 22.5 Å². The van der Waals surface area contributed by atoms with Gasteiger partial charge in [0.25, 0.3) is 0 Å². The molecule has 0 bridgehead atoms. The second-order valence-electron chi connectivity index (χ2n) is 9.07. The van der Waals surface area contributed by atoms with Crippen LogP contribution in [0.3, 0.4) is 0 Å². The Bertz CT molecular complexity index is 1220. The van der Waals surface area contributed by atoms with Crippen LogP contribution >= 0.6 is 0 Å².